The first-order valence-electron chi connectivity index (χ1n) is 12.3. The van der Waals surface area contributed by atoms with Gasteiger partial charge in [0.25, 0.3) is 0 Å². The molecule has 0 unspecified atom stereocenters. The number of alkyl carbamates (subject to hydrolysis) is 1. The molecular formula is C28H33FN4O5. The van der Waals surface area contributed by atoms with Crippen molar-refractivity contribution in [1.29, 1.82) is 5.26 Å². The van der Waals surface area contributed by atoms with E-state index in [0.717, 1.165) is 0 Å². The Kier molecular flexibility index (Phi) is 8.94. The van der Waals surface area contributed by atoms with Crippen LogP contribution in [0.1, 0.15) is 44.2 Å². The number of likely N-dealkylation sites (N-methyl/N-ethyl adjacent to an activating group) is 1. The van der Waals surface area contributed by atoms with E-state index in [4.69, 9.17) is 14.7 Å². The molecule has 1 heterocycles. The number of nitrogens with one attached hydrogen (secondary N) is 1. The maximum absolute atomic E-state index is 13.9. The van der Waals surface area contributed by atoms with E-state index in [-0.39, 0.29) is 19.5 Å². The molecule has 202 valence electrons. The molecule has 0 spiro atoms. The average molecular weight is 525 g/mol. The number of amides is 3. The molecule has 2 aromatic carbocycles. The Hall–Kier alpha value is -4.13. The van der Waals surface area contributed by atoms with Gasteiger partial charge in [0.2, 0.25) is 11.8 Å². The number of nitrogens with zero attached hydrogens (tertiary/aromatic N) is 3. The summed E-state index contributed by atoms with van der Waals surface area (Å²) in [7, 11) is 3.11. The van der Waals surface area contributed by atoms with Gasteiger partial charge in [0, 0.05) is 20.6 Å². The predicted octanol–water partition coefficient (Wildman–Crippen LogP) is 3.99. The van der Waals surface area contributed by atoms with Gasteiger partial charge in [0.1, 0.15) is 29.3 Å². The van der Waals surface area contributed by atoms with E-state index in [1.54, 1.807) is 83.4 Å². The number of benzene rings is 2. The lowest BCUT2D eigenvalue weighted by atomic mass is 9.89. The number of carbonyl (C=O) groups excluding carboxylic acids is 3. The molecular weight excluding hydrogens is 491 g/mol. The van der Waals surface area contributed by atoms with Gasteiger partial charge in [-0.2, -0.15) is 5.26 Å². The number of ether oxygens (including phenoxy) is 2. The van der Waals surface area contributed by atoms with Gasteiger partial charge in [0.15, 0.2) is 0 Å². The van der Waals surface area contributed by atoms with Crippen LogP contribution in [0.2, 0.25) is 0 Å². The number of carbonyl (C=O) groups is 3. The molecule has 1 aliphatic heterocycles. The second kappa shape index (κ2) is 11.9. The van der Waals surface area contributed by atoms with Crippen LogP contribution in [0.15, 0.2) is 48.5 Å². The van der Waals surface area contributed by atoms with E-state index in [0.29, 0.717) is 22.6 Å². The Bertz CT molecular complexity index is 1190. The predicted molar refractivity (Wildman–Crippen MR) is 138 cm³/mol. The number of alkyl halides is 1. The largest absolute Gasteiger partial charge is 0.457 e. The zero-order chi connectivity index (χ0) is 28.0. The minimum atomic E-state index is -1.32. The highest BCUT2D eigenvalue weighted by Crippen LogP contribution is 2.29. The van der Waals surface area contributed by atoms with Gasteiger partial charge in [0.05, 0.1) is 24.1 Å². The lowest BCUT2D eigenvalue weighted by Gasteiger charge is -2.32. The van der Waals surface area contributed by atoms with E-state index < -0.39 is 41.6 Å². The molecule has 3 rings (SSSR count). The van der Waals surface area contributed by atoms with Crippen LogP contribution in [0.4, 0.5) is 9.18 Å². The first-order valence-corrected chi connectivity index (χ1v) is 12.3. The van der Waals surface area contributed by atoms with Crippen molar-refractivity contribution in [2.45, 2.75) is 50.9 Å². The Morgan fingerprint density at radius 2 is 1.66 bits per heavy atom. The van der Waals surface area contributed by atoms with E-state index in [1.165, 1.54) is 9.80 Å². The minimum absolute atomic E-state index is 0.106. The Balaban J connectivity index is 1.93. The first-order chi connectivity index (χ1) is 17.9. The van der Waals surface area contributed by atoms with Crippen molar-refractivity contribution in [3.05, 3.63) is 59.7 Å². The van der Waals surface area contributed by atoms with Crippen LogP contribution < -0.4 is 10.1 Å². The molecule has 1 saturated heterocycles. The summed E-state index contributed by atoms with van der Waals surface area (Å²) in [4.78, 5) is 42.4. The monoisotopic (exact) mass is 524 g/mol. The molecule has 1 fully saturated rings. The summed E-state index contributed by atoms with van der Waals surface area (Å²) in [5, 5.41) is 11.5. The Morgan fingerprint density at radius 3 is 2.13 bits per heavy atom. The Labute approximate surface area is 222 Å². The number of halogens is 1. The van der Waals surface area contributed by atoms with Crippen LogP contribution in [0.25, 0.3) is 0 Å². The highest BCUT2D eigenvalue weighted by molar-refractivity contribution is 5.95. The minimum Gasteiger partial charge on any atom is -0.457 e. The van der Waals surface area contributed by atoms with E-state index in [1.807, 2.05) is 6.07 Å². The van der Waals surface area contributed by atoms with Crippen LogP contribution in [0.5, 0.6) is 11.5 Å². The Morgan fingerprint density at radius 1 is 1.08 bits per heavy atom. The SMILES string of the molecule is CN(C)C(=O)[C@@H](c1ccc(Oc2ccc(C#N)cc2)cc1)[C@H](NC(=O)OC(C)(C)C)C(=O)N1CC[C@H](F)C1. The summed E-state index contributed by atoms with van der Waals surface area (Å²) in [6.07, 6.45) is -1.83. The molecule has 9 nitrogen and oxygen atoms in total. The van der Waals surface area contributed by atoms with Crippen LogP contribution >= 0.6 is 0 Å². The van der Waals surface area contributed by atoms with Crippen LogP contribution in [-0.2, 0) is 14.3 Å². The second-order valence-corrected chi connectivity index (χ2v) is 10.3. The molecule has 1 N–H and O–H groups in total. The van der Waals surface area contributed by atoms with Crippen molar-refractivity contribution in [1.82, 2.24) is 15.1 Å². The topological polar surface area (TPSA) is 112 Å². The van der Waals surface area contributed by atoms with E-state index in [2.05, 4.69) is 5.32 Å². The van der Waals surface area contributed by atoms with E-state index >= 15 is 0 Å². The van der Waals surface area contributed by atoms with Crippen LogP contribution in [0.3, 0.4) is 0 Å². The van der Waals surface area contributed by atoms with Gasteiger partial charge in [-0.15, -0.1) is 0 Å². The maximum Gasteiger partial charge on any atom is 0.408 e. The van der Waals surface area contributed by atoms with Gasteiger partial charge >= 0.3 is 6.09 Å². The molecule has 10 heteroatoms. The quantitative estimate of drug-likeness (QED) is 0.586. The van der Waals surface area contributed by atoms with Gasteiger partial charge in [-0.3, -0.25) is 9.59 Å². The summed E-state index contributed by atoms with van der Waals surface area (Å²) >= 11 is 0. The average Bonchev–Trinajstić information content (AvgIpc) is 3.29. The molecule has 3 atom stereocenters. The number of rotatable bonds is 7. The van der Waals surface area contributed by atoms with Crippen molar-refractivity contribution in [2.24, 2.45) is 0 Å². The van der Waals surface area contributed by atoms with Crippen molar-refractivity contribution >= 4 is 17.9 Å². The zero-order valence-corrected chi connectivity index (χ0v) is 22.2. The molecule has 1 aliphatic rings. The van der Waals surface area contributed by atoms with Crippen molar-refractivity contribution in [3.63, 3.8) is 0 Å². The number of hydrogen-bond acceptors (Lipinski definition) is 6. The highest BCUT2D eigenvalue weighted by atomic mass is 19.1. The first kappa shape index (κ1) is 28.4. The summed E-state index contributed by atoms with van der Waals surface area (Å²) in [5.41, 5.74) is 0.130. The number of likely N-dealkylation sites (tertiary alicyclic amines) is 1. The maximum atomic E-state index is 13.9. The molecule has 38 heavy (non-hydrogen) atoms. The lowest BCUT2D eigenvalue weighted by molar-refractivity contribution is -0.139. The molecule has 3 amide bonds. The summed E-state index contributed by atoms with van der Waals surface area (Å²) in [5.74, 6) is -1.10. The van der Waals surface area contributed by atoms with Crippen LogP contribution in [-0.4, -0.2) is 72.7 Å². The van der Waals surface area contributed by atoms with Gasteiger partial charge < -0.3 is 24.6 Å². The van der Waals surface area contributed by atoms with Crippen molar-refractivity contribution in [3.8, 4) is 17.6 Å². The zero-order valence-electron chi connectivity index (χ0n) is 22.2. The molecule has 0 aromatic heterocycles. The molecule has 0 aliphatic carbocycles. The van der Waals surface area contributed by atoms with E-state index in [9.17, 15) is 18.8 Å². The second-order valence-electron chi connectivity index (χ2n) is 10.3. The molecule has 0 bridgehead atoms. The van der Waals surface area contributed by atoms with Gasteiger partial charge in [-0.25, -0.2) is 9.18 Å². The van der Waals surface area contributed by atoms with Gasteiger partial charge in [-0.1, -0.05) is 12.1 Å². The molecule has 0 saturated carbocycles. The third kappa shape index (κ3) is 7.44. The van der Waals surface area contributed by atoms with Crippen molar-refractivity contribution < 1.29 is 28.2 Å². The number of nitriles is 1. The summed E-state index contributed by atoms with van der Waals surface area (Å²) in [6, 6.07) is 13.9. The number of hydrogen-bond donors (Lipinski definition) is 1. The fourth-order valence-corrected chi connectivity index (χ4v) is 4.07. The van der Waals surface area contributed by atoms with Crippen molar-refractivity contribution in [2.75, 3.05) is 27.2 Å². The molecule has 0 radical (unpaired) electrons. The smallest absolute Gasteiger partial charge is 0.408 e. The summed E-state index contributed by atoms with van der Waals surface area (Å²) in [6.45, 7) is 5.14. The van der Waals surface area contributed by atoms with Gasteiger partial charge in [-0.05, 0) is 69.2 Å². The third-order valence-corrected chi connectivity index (χ3v) is 5.88. The summed E-state index contributed by atoms with van der Waals surface area (Å²) < 4.78 is 25.1. The highest BCUT2D eigenvalue weighted by Gasteiger charge is 2.41. The fraction of sp³-hybridized carbons (Fsp3) is 0.429. The fourth-order valence-electron chi connectivity index (χ4n) is 4.07. The molecule has 2 aromatic rings. The third-order valence-electron chi connectivity index (χ3n) is 5.88. The standard InChI is InChI=1S/C28H33FN4O5/c1-28(2,3)38-27(36)31-24(26(35)33-15-14-20(29)17-33)23(25(34)32(4)5)19-8-12-22(13-9-19)37-21-10-6-18(16-30)7-11-21/h6-13,20,23-24H,14-15,17H2,1-5H3,(H,31,36)/t20-,23-,24-/m0/s1. The van der Waals surface area contributed by atoms with Crippen LogP contribution in [0, 0.1) is 11.3 Å². The lowest BCUT2D eigenvalue weighted by Crippen LogP contribution is -2.55. The normalized spacial score (nSPS) is 16.7.